The first-order valence-corrected chi connectivity index (χ1v) is 3.95. The highest BCUT2D eigenvalue weighted by molar-refractivity contribution is 5.73. The van der Waals surface area contributed by atoms with Crippen LogP contribution in [-0.2, 0) is 9.53 Å². The number of carbonyl (C=O) groups is 1. The van der Waals surface area contributed by atoms with Crippen LogP contribution in [0.5, 0.6) is 0 Å². The van der Waals surface area contributed by atoms with Crippen LogP contribution >= 0.6 is 0 Å². The van der Waals surface area contributed by atoms with E-state index in [4.69, 9.17) is 10.6 Å². The second kappa shape index (κ2) is 4.43. The minimum atomic E-state index is -1.76. The maximum Gasteiger partial charge on any atom is 0.335 e. The number of carboxylic acid groups (broad SMARTS) is 1. The molecule has 1 fully saturated rings. The first kappa shape index (κ1) is 11.7. The summed E-state index contributed by atoms with van der Waals surface area (Å²) in [7, 11) is 0. The van der Waals surface area contributed by atoms with Crippen LogP contribution in [0.1, 0.15) is 0 Å². The van der Waals surface area contributed by atoms with Gasteiger partial charge in [-0.15, -0.1) is 0 Å². The Hall–Kier alpha value is -1.38. The van der Waals surface area contributed by atoms with Gasteiger partial charge in [0.25, 0.3) is 0 Å². The Morgan fingerprint density at radius 1 is 1.33 bits per heavy atom. The molecule has 4 N–H and O–H groups in total. The minimum absolute atomic E-state index is 1.43. The molecule has 5 atom stereocenters. The van der Waals surface area contributed by atoms with Crippen molar-refractivity contribution in [3.63, 3.8) is 0 Å². The normalized spacial score (nSPS) is 40.6. The van der Waals surface area contributed by atoms with Crippen molar-refractivity contribution in [3.8, 4) is 0 Å². The van der Waals surface area contributed by atoms with Crippen molar-refractivity contribution in [2.75, 3.05) is 0 Å². The third kappa shape index (κ3) is 2.17. The summed E-state index contributed by atoms with van der Waals surface area (Å²) < 4.78 is 4.48. The quantitative estimate of drug-likeness (QED) is 0.243. The molecule has 9 nitrogen and oxygen atoms in total. The molecule has 0 bridgehead atoms. The van der Waals surface area contributed by atoms with E-state index in [1.54, 1.807) is 0 Å². The molecule has 0 radical (unpaired) electrons. The van der Waals surface area contributed by atoms with E-state index in [0.29, 0.717) is 0 Å². The maximum absolute atomic E-state index is 10.5. The fourth-order valence-corrected chi connectivity index (χ4v) is 1.25. The topological polar surface area (TPSA) is 156 Å². The number of hydrogen-bond acceptors (Lipinski definition) is 6. The van der Waals surface area contributed by atoms with Gasteiger partial charge in [-0.2, -0.15) is 0 Å². The summed E-state index contributed by atoms with van der Waals surface area (Å²) in [4.78, 5) is 12.8. The van der Waals surface area contributed by atoms with Crippen LogP contribution in [0.3, 0.4) is 0 Å². The molecule has 0 aromatic rings. The molecule has 1 rings (SSSR count). The van der Waals surface area contributed by atoms with Gasteiger partial charge in [0.05, 0.1) is 6.10 Å². The number of hydrogen-bond donors (Lipinski definition) is 4. The van der Waals surface area contributed by atoms with E-state index >= 15 is 0 Å². The van der Waals surface area contributed by atoms with E-state index in [1.165, 1.54) is 0 Å². The predicted molar refractivity (Wildman–Crippen MR) is 43.5 cm³/mol. The van der Waals surface area contributed by atoms with Crippen molar-refractivity contribution in [2.24, 2.45) is 5.11 Å². The van der Waals surface area contributed by atoms with Gasteiger partial charge in [-0.05, 0) is 5.53 Å². The lowest BCUT2D eigenvalue weighted by Crippen LogP contribution is -2.58. The second-order valence-electron chi connectivity index (χ2n) is 2.96. The fourth-order valence-electron chi connectivity index (χ4n) is 1.25. The number of aliphatic carboxylic acids is 1. The zero-order valence-corrected chi connectivity index (χ0v) is 7.33. The number of carboxylic acids is 1. The van der Waals surface area contributed by atoms with Gasteiger partial charge in [-0.25, -0.2) is 4.79 Å². The maximum atomic E-state index is 10.5. The van der Waals surface area contributed by atoms with E-state index in [1.807, 2.05) is 0 Å². The van der Waals surface area contributed by atoms with Gasteiger partial charge in [-0.1, -0.05) is 5.11 Å². The first-order chi connectivity index (χ1) is 6.99. The molecule has 1 heterocycles. The highest BCUT2D eigenvalue weighted by Gasteiger charge is 2.46. The number of ether oxygens (including phenoxy) is 1. The molecular formula is C6H9N3O6. The Balaban J connectivity index is 2.87. The van der Waals surface area contributed by atoms with Crippen LogP contribution in [-0.4, -0.2) is 57.0 Å². The number of aliphatic hydroxyl groups excluding tert-OH is 3. The Labute approximate surface area is 83.1 Å². The van der Waals surface area contributed by atoms with Crippen molar-refractivity contribution in [1.82, 2.24) is 0 Å². The van der Waals surface area contributed by atoms with Crippen molar-refractivity contribution in [2.45, 2.75) is 30.6 Å². The summed E-state index contributed by atoms with van der Waals surface area (Å²) in [5, 5.41) is 39.3. The molecule has 84 valence electrons. The van der Waals surface area contributed by atoms with E-state index in [-0.39, 0.29) is 0 Å². The van der Waals surface area contributed by atoms with Gasteiger partial charge in [0.1, 0.15) is 12.1 Å². The average molecular weight is 219 g/mol. The van der Waals surface area contributed by atoms with Crippen LogP contribution < -0.4 is 0 Å². The van der Waals surface area contributed by atoms with Gasteiger partial charge in [0.15, 0.2) is 12.4 Å². The lowest BCUT2D eigenvalue weighted by Gasteiger charge is -2.36. The van der Waals surface area contributed by atoms with Gasteiger partial charge < -0.3 is 25.2 Å². The number of nitrogens with zero attached hydrogens (tertiary/aromatic N) is 3. The van der Waals surface area contributed by atoms with Crippen molar-refractivity contribution < 1.29 is 30.0 Å². The summed E-state index contributed by atoms with van der Waals surface area (Å²) in [6.45, 7) is 0. The van der Waals surface area contributed by atoms with Crippen LogP contribution in [0, 0.1) is 0 Å². The van der Waals surface area contributed by atoms with Crippen LogP contribution in [0.25, 0.3) is 10.4 Å². The third-order valence-corrected chi connectivity index (χ3v) is 2.02. The molecule has 9 heteroatoms. The summed E-state index contributed by atoms with van der Waals surface area (Å²) in [5.41, 5.74) is 8.10. The summed E-state index contributed by atoms with van der Waals surface area (Å²) >= 11 is 0. The average Bonchev–Trinajstić information content (AvgIpc) is 2.18. The second-order valence-corrected chi connectivity index (χ2v) is 2.96. The molecule has 1 saturated heterocycles. The molecule has 15 heavy (non-hydrogen) atoms. The fraction of sp³-hybridized carbons (Fsp3) is 0.833. The Morgan fingerprint density at radius 3 is 2.40 bits per heavy atom. The Morgan fingerprint density at radius 2 is 1.93 bits per heavy atom. The molecule has 1 aliphatic rings. The molecule has 0 saturated carbocycles. The zero-order valence-electron chi connectivity index (χ0n) is 7.33. The van der Waals surface area contributed by atoms with Gasteiger partial charge in [0, 0.05) is 4.91 Å². The Kier molecular flexibility index (Phi) is 3.45. The molecule has 0 spiro atoms. The standard InChI is InChI=1S/C6H9N3O6/c7-9-8-1-2(10)3(11)4(5(12)13)15-6(1)14/h1-4,6,10-11,14H,(H,12,13)/t1-,2-,3-,4+,6+/m1/s1. The molecule has 0 amide bonds. The minimum Gasteiger partial charge on any atom is -0.479 e. The van der Waals surface area contributed by atoms with Crippen molar-refractivity contribution >= 4 is 5.97 Å². The highest BCUT2D eigenvalue weighted by Crippen LogP contribution is 2.22. The van der Waals surface area contributed by atoms with E-state index in [0.717, 1.165) is 0 Å². The van der Waals surface area contributed by atoms with E-state index in [9.17, 15) is 20.1 Å². The van der Waals surface area contributed by atoms with E-state index < -0.39 is 36.6 Å². The lowest BCUT2D eigenvalue weighted by molar-refractivity contribution is -0.244. The monoisotopic (exact) mass is 219 g/mol. The van der Waals surface area contributed by atoms with Crippen LogP contribution in [0.2, 0.25) is 0 Å². The molecule has 1 aliphatic heterocycles. The lowest BCUT2D eigenvalue weighted by atomic mass is 9.97. The van der Waals surface area contributed by atoms with Crippen molar-refractivity contribution in [1.29, 1.82) is 0 Å². The predicted octanol–water partition coefficient (Wildman–Crippen LogP) is -1.81. The SMILES string of the molecule is [N-]=[N+]=N[C@@H]1[C@@H](O)[C@@H](O)[C@@H](C(=O)O)O[C@@H]1O. The van der Waals surface area contributed by atoms with E-state index in [2.05, 4.69) is 14.8 Å². The summed E-state index contributed by atoms with van der Waals surface area (Å²) in [5.74, 6) is -1.53. The first-order valence-electron chi connectivity index (χ1n) is 3.95. The zero-order chi connectivity index (χ0) is 11.6. The van der Waals surface area contributed by atoms with Crippen LogP contribution in [0.4, 0.5) is 0 Å². The number of azide groups is 1. The third-order valence-electron chi connectivity index (χ3n) is 2.02. The smallest absolute Gasteiger partial charge is 0.335 e. The van der Waals surface area contributed by atoms with Crippen molar-refractivity contribution in [3.05, 3.63) is 10.4 Å². The van der Waals surface area contributed by atoms with Crippen LogP contribution in [0.15, 0.2) is 5.11 Å². The van der Waals surface area contributed by atoms with Gasteiger partial charge in [-0.3, -0.25) is 0 Å². The summed E-state index contributed by atoms with van der Waals surface area (Å²) in [6, 6.07) is -1.43. The number of aliphatic hydroxyl groups is 3. The summed E-state index contributed by atoms with van der Waals surface area (Å²) in [6.07, 6.45) is -6.97. The van der Waals surface area contributed by atoms with Gasteiger partial charge >= 0.3 is 5.97 Å². The van der Waals surface area contributed by atoms with Gasteiger partial charge in [0.2, 0.25) is 0 Å². The molecule has 0 aromatic carbocycles. The molecule has 0 aromatic heterocycles. The molecular weight excluding hydrogens is 210 g/mol. The highest BCUT2D eigenvalue weighted by atomic mass is 16.6. The number of rotatable bonds is 2. The Bertz CT molecular complexity index is 303. The largest absolute Gasteiger partial charge is 0.479 e. The molecule has 0 aliphatic carbocycles. The molecule has 0 unspecified atom stereocenters.